The molecule has 0 bridgehead atoms. The predicted molar refractivity (Wildman–Crippen MR) is 66.8 cm³/mol. The number of nitrogens with zero attached hydrogens (tertiary/aromatic N) is 3. The van der Waals surface area contributed by atoms with Crippen molar-refractivity contribution in [3.05, 3.63) is 36.2 Å². The summed E-state index contributed by atoms with van der Waals surface area (Å²) in [6, 6.07) is 0. The van der Waals surface area contributed by atoms with E-state index in [1.807, 2.05) is 0 Å². The second-order valence-electron chi connectivity index (χ2n) is 3.30. The number of anilines is 1. The fourth-order valence-corrected chi connectivity index (χ4v) is 2.87. The van der Waals surface area contributed by atoms with Crippen LogP contribution in [0.4, 0.5) is 22.7 Å². The van der Waals surface area contributed by atoms with Crippen LogP contribution >= 0.6 is 23.1 Å². The largest absolute Gasteiger partial charge is 0.357 e. The van der Waals surface area contributed by atoms with Crippen LogP contribution < -0.4 is 5.32 Å². The first-order valence-corrected chi connectivity index (χ1v) is 6.72. The summed E-state index contributed by atoms with van der Waals surface area (Å²) < 4.78 is 52.8. The number of nitrogens with one attached hydrogen (secondary N) is 1. The third-order valence-electron chi connectivity index (χ3n) is 1.95. The number of hydrogen-bond acceptors (Lipinski definition) is 6. The van der Waals surface area contributed by atoms with Gasteiger partial charge < -0.3 is 5.32 Å². The minimum Gasteiger partial charge on any atom is -0.357 e. The number of aromatic nitrogens is 3. The Morgan fingerprint density at radius 3 is 2.40 bits per heavy atom. The molecule has 2 aromatic rings. The average Bonchev–Trinajstić information content (AvgIpc) is 2.87. The highest BCUT2D eigenvalue weighted by Gasteiger charge is 2.22. The molecular weight excluding hydrogens is 316 g/mol. The van der Waals surface area contributed by atoms with Crippen LogP contribution in [-0.4, -0.2) is 21.7 Å². The van der Waals surface area contributed by atoms with Crippen LogP contribution in [0, 0.1) is 23.5 Å². The molecule has 0 aromatic carbocycles. The summed E-state index contributed by atoms with van der Waals surface area (Å²) in [4.78, 5) is 1.62. The Balaban J connectivity index is 2.26. The van der Waals surface area contributed by atoms with E-state index in [2.05, 4.69) is 27.1 Å². The van der Waals surface area contributed by atoms with Crippen molar-refractivity contribution in [3.63, 3.8) is 0 Å². The summed E-state index contributed by atoms with van der Waals surface area (Å²) in [6.45, 7) is 3.92. The van der Waals surface area contributed by atoms with Crippen molar-refractivity contribution >= 4 is 28.2 Å². The maximum absolute atomic E-state index is 13.4. The molecule has 2 aromatic heterocycles. The molecule has 0 fully saturated rings. The normalized spacial score (nSPS) is 10.6. The smallest absolute Gasteiger partial charge is 0.252 e. The second-order valence-corrected chi connectivity index (χ2v) is 5.53. The van der Waals surface area contributed by atoms with E-state index in [4.69, 9.17) is 0 Å². The number of halogens is 4. The van der Waals surface area contributed by atoms with E-state index in [9.17, 15) is 17.6 Å². The van der Waals surface area contributed by atoms with Crippen LogP contribution in [0.15, 0.2) is 21.9 Å². The Labute approximate surface area is 118 Å². The van der Waals surface area contributed by atoms with Crippen molar-refractivity contribution in [2.75, 3.05) is 11.9 Å². The molecule has 106 valence electrons. The lowest BCUT2D eigenvalue weighted by molar-refractivity contribution is 0.383. The second kappa shape index (κ2) is 6.18. The molecule has 0 aliphatic carbocycles. The van der Waals surface area contributed by atoms with Gasteiger partial charge in [-0.1, -0.05) is 29.2 Å². The minimum absolute atomic E-state index is 0.124. The van der Waals surface area contributed by atoms with Crippen molar-refractivity contribution in [3.8, 4) is 0 Å². The lowest BCUT2D eigenvalue weighted by Gasteiger charge is -2.02. The Kier molecular flexibility index (Phi) is 4.55. The van der Waals surface area contributed by atoms with Crippen molar-refractivity contribution < 1.29 is 17.6 Å². The highest BCUT2D eigenvalue weighted by atomic mass is 32.2. The van der Waals surface area contributed by atoms with Gasteiger partial charge >= 0.3 is 0 Å². The van der Waals surface area contributed by atoms with Gasteiger partial charge in [-0.15, -0.1) is 16.8 Å². The molecule has 1 N–H and O–H groups in total. The van der Waals surface area contributed by atoms with Gasteiger partial charge in [-0.05, 0) is 0 Å². The van der Waals surface area contributed by atoms with Gasteiger partial charge in [0.15, 0.2) is 16.0 Å². The molecular formula is C10H6F4N4S2. The molecule has 2 rings (SSSR count). The van der Waals surface area contributed by atoms with Gasteiger partial charge in [0.25, 0.3) is 11.9 Å². The standard InChI is InChI=1S/C10H6F4N4S2/c1-2-3-15-9-17-18-10(20-9)19-6-4(11)7(13)16-8(14)5(6)12/h2H,1,3H2,(H,15,17). The monoisotopic (exact) mass is 322 g/mol. The molecule has 0 unspecified atom stereocenters. The molecule has 0 spiro atoms. The Morgan fingerprint density at radius 2 is 1.80 bits per heavy atom. The van der Waals surface area contributed by atoms with Crippen LogP contribution in [0.1, 0.15) is 0 Å². The van der Waals surface area contributed by atoms with Crippen LogP contribution in [0.25, 0.3) is 0 Å². The topological polar surface area (TPSA) is 50.7 Å². The van der Waals surface area contributed by atoms with Crippen LogP contribution in [-0.2, 0) is 0 Å². The van der Waals surface area contributed by atoms with E-state index in [0.717, 1.165) is 11.3 Å². The lowest BCUT2D eigenvalue weighted by Crippen LogP contribution is -2.01. The quantitative estimate of drug-likeness (QED) is 0.520. The maximum atomic E-state index is 13.4. The lowest BCUT2D eigenvalue weighted by atomic mass is 10.4. The first-order chi connectivity index (χ1) is 9.52. The summed E-state index contributed by atoms with van der Waals surface area (Å²) in [5.41, 5.74) is 0. The summed E-state index contributed by atoms with van der Waals surface area (Å²) in [7, 11) is 0. The number of pyridine rings is 1. The highest BCUT2D eigenvalue weighted by Crippen LogP contribution is 2.35. The molecule has 0 aliphatic heterocycles. The summed E-state index contributed by atoms with van der Waals surface area (Å²) in [6.07, 6.45) is 1.58. The van der Waals surface area contributed by atoms with Crippen LogP contribution in [0.3, 0.4) is 0 Å². The van der Waals surface area contributed by atoms with Gasteiger partial charge in [0.1, 0.15) is 0 Å². The number of hydrogen-bond donors (Lipinski definition) is 1. The molecule has 4 nitrogen and oxygen atoms in total. The Bertz CT molecular complexity index is 620. The van der Waals surface area contributed by atoms with E-state index in [0.29, 0.717) is 23.4 Å². The van der Waals surface area contributed by atoms with E-state index in [1.54, 1.807) is 6.08 Å². The fourth-order valence-electron chi connectivity index (χ4n) is 1.13. The molecule has 20 heavy (non-hydrogen) atoms. The molecule has 0 saturated carbocycles. The molecule has 2 heterocycles. The summed E-state index contributed by atoms with van der Waals surface area (Å²) in [5, 5.41) is 10.5. The third kappa shape index (κ3) is 3.07. The van der Waals surface area contributed by atoms with E-state index >= 15 is 0 Å². The van der Waals surface area contributed by atoms with Crippen LogP contribution in [0.5, 0.6) is 0 Å². The first-order valence-electron chi connectivity index (χ1n) is 5.09. The summed E-state index contributed by atoms with van der Waals surface area (Å²) >= 11 is 1.41. The molecule has 10 heteroatoms. The zero-order chi connectivity index (χ0) is 14.7. The average molecular weight is 322 g/mol. The van der Waals surface area contributed by atoms with E-state index < -0.39 is 28.4 Å². The third-order valence-corrected chi connectivity index (χ3v) is 3.95. The predicted octanol–water partition coefficient (Wildman–Crippen LogP) is 3.24. The maximum Gasteiger partial charge on any atom is 0.252 e. The zero-order valence-corrected chi connectivity index (χ0v) is 11.3. The summed E-state index contributed by atoms with van der Waals surface area (Å²) in [5.74, 6) is -6.55. The van der Waals surface area contributed by atoms with Gasteiger partial charge in [-0.25, -0.2) is 8.78 Å². The van der Waals surface area contributed by atoms with Crippen molar-refractivity contribution in [1.29, 1.82) is 0 Å². The van der Waals surface area contributed by atoms with E-state index in [1.165, 1.54) is 0 Å². The first kappa shape index (κ1) is 14.7. The van der Waals surface area contributed by atoms with Gasteiger partial charge in [0, 0.05) is 6.54 Å². The van der Waals surface area contributed by atoms with Crippen molar-refractivity contribution in [2.45, 2.75) is 9.24 Å². The van der Waals surface area contributed by atoms with Gasteiger partial charge in [0.05, 0.1) is 4.90 Å². The molecule has 0 amide bonds. The SMILES string of the molecule is C=CCNc1nnc(Sc2c(F)c(F)nc(F)c2F)s1. The molecule has 0 atom stereocenters. The highest BCUT2D eigenvalue weighted by molar-refractivity contribution is 8.01. The van der Waals surface area contributed by atoms with E-state index in [-0.39, 0.29) is 4.34 Å². The van der Waals surface area contributed by atoms with Crippen molar-refractivity contribution in [2.24, 2.45) is 0 Å². The number of rotatable bonds is 5. The molecule has 0 radical (unpaired) electrons. The minimum atomic E-state index is -1.71. The van der Waals surface area contributed by atoms with Crippen LogP contribution in [0.2, 0.25) is 0 Å². The van der Waals surface area contributed by atoms with Gasteiger partial charge in [0.2, 0.25) is 5.13 Å². The van der Waals surface area contributed by atoms with Gasteiger partial charge in [-0.2, -0.15) is 13.8 Å². The fraction of sp³-hybridized carbons (Fsp3) is 0.100. The Morgan fingerprint density at radius 1 is 1.15 bits per heavy atom. The van der Waals surface area contributed by atoms with Gasteiger partial charge in [-0.3, -0.25) is 0 Å². The Hall–Kier alpha value is -1.68. The molecule has 0 aliphatic rings. The molecule has 0 saturated heterocycles. The van der Waals surface area contributed by atoms with Crippen molar-refractivity contribution in [1.82, 2.24) is 15.2 Å². The zero-order valence-electron chi connectivity index (χ0n) is 9.66.